The number of aromatic nitrogens is 1. The van der Waals surface area contributed by atoms with Crippen molar-refractivity contribution in [3.05, 3.63) is 63.5 Å². The minimum absolute atomic E-state index is 0.0252. The fourth-order valence-electron chi connectivity index (χ4n) is 1.72. The van der Waals surface area contributed by atoms with Gasteiger partial charge in [-0.3, -0.25) is 4.79 Å². The number of hydrogen-bond acceptors (Lipinski definition) is 2. The predicted octanol–water partition coefficient (Wildman–Crippen LogP) is 3.11. The molecule has 1 heterocycles. The Kier molecular flexibility index (Phi) is 4.59. The van der Waals surface area contributed by atoms with E-state index in [1.807, 2.05) is 42.6 Å². The molecule has 0 atom stereocenters. The number of aryl methyl sites for hydroxylation is 1. The summed E-state index contributed by atoms with van der Waals surface area (Å²) in [5.74, 6) is 0. The van der Waals surface area contributed by atoms with E-state index < -0.39 is 0 Å². The first-order valence-electron chi connectivity index (χ1n) is 5.91. The smallest absolute Gasteiger partial charge is 0.264 e. The first-order chi connectivity index (χ1) is 8.77. The van der Waals surface area contributed by atoms with Crippen LogP contribution in [0.4, 0.5) is 5.69 Å². The molecule has 94 valence electrons. The topological polar surface area (TPSA) is 34.0 Å². The van der Waals surface area contributed by atoms with E-state index in [0.717, 1.165) is 25.2 Å². The van der Waals surface area contributed by atoms with Crippen LogP contribution in [-0.2, 0) is 6.54 Å². The first-order valence-corrected chi connectivity index (χ1v) is 6.70. The lowest BCUT2D eigenvalue weighted by Crippen LogP contribution is -2.20. The number of pyridine rings is 1. The van der Waals surface area contributed by atoms with Gasteiger partial charge in [-0.05, 0) is 46.6 Å². The van der Waals surface area contributed by atoms with E-state index in [9.17, 15) is 4.79 Å². The van der Waals surface area contributed by atoms with Crippen molar-refractivity contribution in [3.63, 3.8) is 0 Å². The molecule has 0 aliphatic rings. The summed E-state index contributed by atoms with van der Waals surface area (Å²) in [6.07, 6.45) is 2.72. The van der Waals surface area contributed by atoms with E-state index in [2.05, 4.69) is 21.2 Å². The average Bonchev–Trinajstić information content (AvgIpc) is 2.40. The standard InChI is InChI=1S/C14H15BrN2O/c15-13-8-4-10-17(14(13)18)11-5-9-16-12-6-2-1-3-7-12/h1-4,6-8,10,16H,5,9,11H2. The van der Waals surface area contributed by atoms with Crippen LogP contribution in [0.15, 0.2) is 57.9 Å². The fraction of sp³-hybridized carbons (Fsp3) is 0.214. The predicted molar refractivity (Wildman–Crippen MR) is 78.0 cm³/mol. The van der Waals surface area contributed by atoms with Gasteiger partial charge in [-0.25, -0.2) is 0 Å². The number of benzene rings is 1. The Morgan fingerprint density at radius 3 is 2.67 bits per heavy atom. The van der Waals surface area contributed by atoms with Crippen molar-refractivity contribution in [1.29, 1.82) is 0 Å². The summed E-state index contributed by atoms with van der Waals surface area (Å²) >= 11 is 3.24. The Hall–Kier alpha value is -1.55. The number of nitrogens with one attached hydrogen (secondary N) is 1. The molecule has 1 N–H and O–H groups in total. The maximum Gasteiger partial charge on any atom is 0.264 e. The Morgan fingerprint density at radius 1 is 1.11 bits per heavy atom. The van der Waals surface area contributed by atoms with Crippen molar-refractivity contribution < 1.29 is 0 Å². The normalized spacial score (nSPS) is 10.3. The van der Waals surface area contributed by atoms with Crippen molar-refractivity contribution in [1.82, 2.24) is 4.57 Å². The van der Waals surface area contributed by atoms with Gasteiger partial charge in [-0.2, -0.15) is 0 Å². The minimum Gasteiger partial charge on any atom is -0.385 e. The van der Waals surface area contributed by atoms with Gasteiger partial charge >= 0.3 is 0 Å². The molecule has 1 aromatic carbocycles. The van der Waals surface area contributed by atoms with Crippen molar-refractivity contribution in [2.24, 2.45) is 0 Å². The van der Waals surface area contributed by atoms with Crippen molar-refractivity contribution in [2.75, 3.05) is 11.9 Å². The first kappa shape index (κ1) is 12.9. The maximum atomic E-state index is 11.7. The SMILES string of the molecule is O=c1c(Br)cccn1CCCNc1ccccc1. The van der Waals surface area contributed by atoms with Crippen LogP contribution in [0.2, 0.25) is 0 Å². The van der Waals surface area contributed by atoms with E-state index in [-0.39, 0.29) is 5.56 Å². The summed E-state index contributed by atoms with van der Waals surface area (Å²) in [6, 6.07) is 13.7. The van der Waals surface area contributed by atoms with Crippen LogP contribution in [0, 0.1) is 0 Å². The number of anilines is 1. The number of halogens is 1. The number of nitrogens with zero attached hydrogens (tertiary/aromatic N) is 1. The van der Waals surface area contributed by atoms with Crippen LogP contribution in [0.25, 0.3) is 0 Å². The number of rotatable bonds is 5. The molecular weight excluding hydrogens is 292 g/mol. The van der Waals surface area contributed by atoms with Crippen molar-refractivity contribution in [3.8, 4) is 0 Å². The molecule has 0 radical (unpaired) electrons. The van der Waals surface area contributed by atoms with Gasteiger partial charge in [0.15, 0.2) is 0 Å². The lowest BCUT2D eigenvalue weighted by atomic mass is 10.3. The van der Waals surface area contributed by atoms with Crippen LogP contribution >= 0.6 is 15.9 Å². The highest BCUT2D eigenvalue weighted by Crippen LogP contribution is 2.05. The maximum absolute atomic E-state index is 11.7. The van der Waals surface area contributed by atoms with Gasteiger partial charge in [-0.1, -0.05) is 18.2 Å². The second kappa shape index (κ2) is 6.40. The van der Waals surface area contributed by atoms with Crippen LogP contribution in [0.1, 0.15) is 6.42 Å². The van der Waals surface area contributed by atoms with E-state index in [0.29, 0.717) is 4.47 Å². The molecule has 0 aliphatic carbocycles. The van der Waals surface area contributed by atoms with Gasteiger partial charge in [0.05, 0.1) is 4.47 Å². The Bertz CT molecular complexity index is 551. The zero-order valence-electron chi connectivity index (χ0n) is 9.97. The van der Waals surface area contributed by atoms with Crippen LogP contribution < -0.4 is 10.9 Å². The zero-order valence-corrected chi connectivity index (χ0v) is 11.6. The minimum atomic E-state index is 0.0252. The molecule has 0 bridgehead atoms. The van der Waals surface area contributed by atoms with Gasteiger partial charge < -0.3 is 9.88 Å². The highest BCUT2D eigenvalue weighted by atomic mass is 79.9. The molecule has 0 saturated heterocycles. The van der Waals surface area contributed by atoms with Crippen LogP contribution in [-0.4, -0.2) is 11.1 Å². The van der Waals surface area contributed by atoms with Crippen molar-refractivity contribution >= 4 is 21.6 Å². The molecule has 0 fully saturated rings. The number of para-hydroxylation sites is 1. The number of hydrogen-bond donors (Lipinski definition) is 1. The fourth-order valence-corrected chi connectivity index (χ4v) is 2.10. The van der Waals surface area contributed by atoms with Gasteiger partial charge in [-0.15, -0.1) is 0 Å². The molecule has 2 aromatic rings. The monoisotopic (exact) mass is 306 g/mol. The Balaban J connectivity index is 1.82. The largest absolute Gasteiger partial charge is 0.385 e. The average molecular weight is 307 g/mol. The zero-order chi connectivity index (χ0) is 12.8. The molecule has 4 heteroatoms. The van der Waals surface area contributed by atoms with Gasteiger partial charge in [0.25, 0.3) is 5.56 Å². The Morgan fingerprint density at radius 2 is 1.89 bits per heavy atom. The molecule has 18 heavy (non-hydrogen) atoms. The summed E-state index contributed by atoms with van der Waals surface area (Å²) in [5, 5.41) is 3.32. The second-order valence-electron chi connectivity index (χ2n) is 4.00. The summed E-state index contributed by atoms with van der Waals surface area (Å²) in [5.41, 5.74) is 1.14. The summed E-state index contributed by atoms with van der Waals surface area (Å²) in [4.78, 5) is 11.7. The molecule has 0 aliphatic heterocycles. The quantitative estimate of drug-likeness (QED) is 0.861. The van der Waals surface area contributed by atoms with E-state index in [1.165, 1.54) is 0 Å². The van der Waals surface area contributed by atoms with Crippen molar-refractivity contribution in [2.45, 2.75) is 13.0 Å². The summed E-state index contributed by atoms with van der Waals surface area (Å²) < 4.78 is 2.33. The molecular formula is C14H15BrN2O. The molecule has 0 amide bonds. The molecule has 0 spiro atoms. The second-order valence-corrected chi connectivity index (χ2v) is 4.86. The molecule has 3 nitrogen and oxygen atoms in total. The van der Waals surface area contributed by atoms with E-state index in [4.69, 9.17) is 0 Å². The molecule has 1 aromatic heterocycles. The highest BCUT2D eigenvalue weighted by molar-refractivity contribution is 9.10. The van der Waals surface area contributed by atoms with Crippen LogP contribution in [0.5, 0.6) is 0 Å². The highest BCUT2D eigenvalue weighted by Gasteiger charge is 1.99. The van der Waals surface area contributed by atoms with Gasteiger partial charge in [0, 0.05) is 25.0 Å². The molecule has 2 rings (SSSR count). The lowest BCUT2D eigenvalue weighted by Gasteiger charge is -2.08. The van der Waals surface area contributed by atoms with Gasteiger partial charge in [0.1, 0.15) is 0 Å². The Labute approximate surface area is 115 Å². The third-order valence-electron chi connectivity index (χ3n) is 2.65. The summed E-state index contributed by atoms with van der Waals surface area (Å²) in [6.45, 7) is 1.57. The molecule has 0 unspecified atom stereocenters. The van der Waals surface area contributed by atoms with E-state index in [1.54, 1.807) is 10.6 Å². The third-order valence-corrected chi connectivity index (χ3v) is 3.26. The lowest BCUT2D eigenvalue weighted by molar-refractivity contribution is 0.637. The summed E-state index contributed by atoms with van der Waals surface area (Å²) in [7, 11) is 0. The van der Waals surface area contributed by atoms with Gasteiger partial charge in [0.2, 0.25) is 0 Å². The van der Waals surface area contributed by atoms with Crippen LogP contribution in [0.3, 0.4) is 0 Å². The van der Waals surface area contributed by atoms with E-state index >= 15 is 0 Å². The molecule has 0 saturated carbocycles. The third kappa shape index (κ3) is 3.47.